The van der Waals surface area contributed by atoms with E-state index in [1.54, 1.807) is 0 Å². The first-order valence-corrected chi connectivity index (χ1v) is 11.7. The van der Waals surface area contributed by atoms with Gasteiger partial charge in [0.25, 0.3) is 0 Å². The minimum absolute atomic E-state index is 0. The molecule has 7 heteroatoms. The Bertz CT molecular complexity index is 301. The zero-order chi connectivity index (χ0) is 17.9. The molecule has 0 unspecified atom stereocenters. The standard InChI is InChI=1S/C19H41O4P.2K/c1-2-3-4-5-6-7-8-9-10-11-12-13-14-15-16-17-18-19-23-24(20,21)22;;/h2-19H2,1H3,(H2,20,21,22);;/q;2*+1/p-2. The third kappa shape index (κ3) is 32.1. The van der Waals surface area contributed by atoms with Gasteiger partial charge in [-0.05, 0) is 6.42 Å². The molecule has 0 N–H and O–H groups in total. The van der Waals surface area contributed by atoms with E-state index in [0.29, 0.717) is 6.42 Å². The molecule has 0 aromatic heterocycles. The van der Waals surface area contributed by atoms with Gasteiger partial charge in [0.2, 0.25) is 0 Å². The van der Waals surface area contributed by atoms with Crippen molar-refractivity contribution in [3.8, 4) is 0 Å². The van der Waals surface area contributed by atoms with E-state index in [0.717, 1.165) is 12.8 Å². The second-order valence-corrected chi connectivity index (χ2v) is 8.09. The van der Waals surface area contributed by atoms with Gasteiger partial charge in [-0.15, -0.1) is 0 Å². The van der Waals surface area contributed by atoms with Crippen molar-refractivity contribution in [1.29, 1.82) is 0 Å². The van der Waals surface area contributed by atoms with Gasteiger partial charge in [-0.25, -0.2) is 0 Å². The SMILES string of the molecule is CCCCCCCCCCCCCCCCCCCOP(=O)([O-])[O-].[K+].[K+]. The molecule has 0 saturated carbocycles. The summed E-state index contributed by atoms with van der Waals surface area (Å²) < 4.78 is 14.5. The van der Waals surface area contributed by atoms with Crippen LogP contribution in [0.4, 0.5) is 0 Å². The van der Waals surface area contributed by atoms with Gasteiger partial charge >= 0.3 is 103 Å². The van der Waals surface area contributed by atoms with Crippen molar-refractivity contribution in [3.05, 3.63) is 0 Å². The number of hydrogen-bond donors (Lipinski definition) is 0. The van der Waals surface area contributed by atoms with E-state index in [1.165, 1.54) is 89.9 Å². The van der Waals surface area contributed by atoms with E-state index in [9.17, 15) is 14.4 Å². The van der Waals surface area contributed by atoms with Crippen LogP contribution >= 0.6 is 7.82 Å². The molecule has 0 bridgehead atoms. The topological polar surface area (TPSA) is 72.4 Å². The molecule has 0 aliphatic carbocycles. The van der Waals surface area contributed by atoms with Gasteiger partial charge in [-0.1, -0.05) is 110 Å². The Morgan fingerprint density at radius 1 is 0.577 bits per heavy atom. The van der Waals surface area contributed by atoms with Crippen LogP contribution in [0.3, 0.4) is 0 Å². The zero-order valence-corrected chi connectivity index (χ0v) is 24.9. The molecule has 0 fully saturated rings. The molecule has 0 amide bonds. The molecule has 0 aliphatic rings. The van der Waals surface area contributed by atoms with Gasteiger partial charge in [-0.2, -0.15) is 0 Å². The van der Waals surface area contributed by atoms with Crippen molar-refractivity contribution in [3.63, 3.8) is 0 Å². The monoisotopic (exact) mass is 440 g/mol. The summed E-state index contributed by atoms with van der Waals surface area (Å²) in [6.07, 6.45) is 21.8. The second kappa shape index (κ2) is 26.4. The van der Waals surface area contributed by atoms with E-state index in [1.807, 2.05) is 0 Å². The third-order valence-electron chi connectivity index (χ3n) is 4.50. The van der Waals surface area contributed by atoms with Gasteiger partial charge < -0.3 is 18.9 Å². The Kier molecular flexibility index (Phi) is 34.6. The fourth-order valence-electron chi connectivity index (χ4n) is 3.00. The van der Waals surface area contributed by atoms with Gasteiger partial charge in [0.1, 0.15) is 0 Å². The first-order chi connectivity index (χ1) is 11.6. The molecule has 0 aliphatic heterocycles. The maximum absolute atomic E-state index is 10.3. The van der Waals surface area contributed by atoms with Crippen molar-refractivity contribution in [2.45, 2.75) is 116 Å². The van der Waals surface area contributed by atoms with E-state index in [2.05, 4.69) is 11.4 Å². The normalized spacial score (nSPS) is 11.0. The first-order valence-electron chi connectivity index (χ1n) is 10.2. The Morgan fingerprint density at radius 3 is 1.12 bits per heavy atom. The van der Waals surface area contributed by atoms with Crippen molar-refractivity contribution < 1.29 is 122 Å². The van der Waals surface area contributed by atoms with Crippen molar-refractivity contribution >= 4 is 7.82 Å². The van der Waals surface area contributed by atoms with Crippen LogP contribution in [0.2, 0.25) is 0 Å². The summed E-state index contributed by atoms with van der Waals surface area (Å²) in [5.74, 6) is 0. The molecular formula is C19H39K2O4P. The van der Waals surface area contributed by atoms with Crippen LogP contribution in [0.5, 0.6) is 0 Å². The number of hydrogen-bond acceptors (Lipinski definition) is 4. The van der Waals surface area contributed by atoms with E-state index < -0.39 is 7.82 Å². The summed E-state index contributed by atoms with van der Waals surface area (Å²) in [6, 6.07) is 0. The van der Waals surface area contributed by atoms with E-state index in [4.69, 9.17) is 0 Å². The first kappa shape index (κ1) is 34.0. The number of unbranched alkanes of at least 4 members (excludes halogenated alkanes) is 16. The van der Waals surface area contributed by atoms with Crippen LogP contribution in [0.1, 0.15) is 116 Å². The number of phosphoric acid groups is 1. The minimum atomic E-state index is -4.76. The Morgan fingerprint density at radius 2 is 0.846 bits per heavy atom. The van der Waals surface area contributed by atoms with Gasteiger partial charge in [0, 0.05) is 0 Å². The van der Waals surface area contributed by atoms with Crippen molar-refractivity contribution in [2.75, 3.05) is 6.61 Å². The van der Waals surface area contributed by atoms with Crippen molar-refractivity contribution in [2.24, 2.45) is 0 Å². The largest absolute Gasteiger partial charge is 1.00 e. The van der Waals surface area contributed by atoms with E-state index >= 15 is 0 Å². The molecule has 0 aromatic carbocycles. The van der Waals surface area contributed by atoms with Crippen LogP contribution in [0, 0.1) is 0 Å². The summed E-state index contributed by atoms with van der Waals surface area (Å²) in [7, 11) is -4.76. The van der Waals surface area contributed by atoms with Gasteiger partial charge in [0.05, 0.1) is 14.4 Å². The second-order valence-electron chi connectivity index (χ2n) is 6.94. The van der Waals surface area contributed by atoms with Crippen molar-refractivity contribution in [1.82, 2.24) is 0 Å². The number of rotatable bonds is 19. The zero-order valence-electron chi connectivity index (χ0n) is 17.8. The Balaban J connectivity index is -0.00000264. The van der Waals surface area contributed by atoms with Crippen LogP contribution in [0.15, 0.2) is 0 Å². The molecular weight excluding hydrogens is 401 g/mol. The van der Waals surface area contributed by atoms with Crippen LogP contribution < -0.4 is 113 Å². The Hall–Kier alpha value is 3.38. The van der Waals surface area contributed by atoms with Gasteiger partial charge in [-0.3, -0.25) is 0 Å². The van der Waals surface area contributed by atoms with Gasteiger partial charge in [0.15, 0.2) is 0 Å². The average Bonchev–Trinajstić information content (AvgIpc) is 2.52. The quantitative estimate of drug-likeness (QED) is 0.154. The van der Waals surface area contributed by atoms with Crippen LogP contribution in [-0.4, -0.2) is 6.61 Å². The molecule has 0 aromatic rings. The fraction of sp³-hybridized carbons (Fsp3) is 1.00. The predicted octanol–water partition coefficient (Wildman–Crippen LogP) is -0.509. The molecule has 146 valence electrons. The molecule has 0 radical (unpaired) electrons. The van der Waals surface area contributed by atoms with E-state index in [-0.39, 0.29) is 109 Å². The maximum Gasteiger partial charge on any atom is 1.00 e. The summed E-state index contributed by atoms with van der Waals surface area (Å²) in [4.78, 5) is 20.5. The van der Waals surface area contributed by atoms with Crippen LogP contribution in [-0.2, 0) is 9.09 Å². The molecule has 0 rings (SSSR count). The maximum atomic E-state index is 10.3. The minimum Gasteiger partial charge on any atom is -0.790 e. The predicted molar refractivity (Wildman–Crippen MR) is 97.7 cm³/mol. The number of phosphoric ester groups is 1. The summed E-state index contributed by atoms with van der Waals surface area (Å²) in [6.45, 7) is 2.31. The third-order valence-corrected chi connectivity index (χ3v) is 5.00. The molecule has 0 saturated heterocycles. The molecule has 0 spiro atoms. The summed E-state index contributed by atoms with van der Waals surface area (Å²) >= 11 is 0. The molecule has 0 heterocycles. The smallest absolute Gasteiger partial charge is 0.790 e. The fourth-order valence-corrected chi connectivity index (χ4v) is 3.36. The molecule has 26 heavy (non-hydrogen) atoms. The summed E-state index contributed by atoms with van der Waals surface area (Å²) in [5.41, 5.74) is 0. The average molecular weight is 441 g/mol. The summed E-state index contributed by atoms with van der Waals surface area (Å²) in [5, 5.41) is 0. The Labute approximate surface area is 247 Å². The van der Waals surface area contributed by atoms with Crippen LogP contribution in [0.25, 0.3) is 0 Å². The molecule has 0 atom stereocenters. The molecule has 4 nitrogen and oxygen atoms in total.